The summed E-state index contributed by atoms with van der Waals surface area (Å²) in [7, 11) is 0. The van der Waals surface area contributed by atoms with Crippen molar-refractivity contribution in [2.24, 2.45) is 11.3 Å². The maximum atomic E-state index is 11.1. The van der Waals surface area contributed by atoms with Crippen molar-refractivity contribution in [1.82, 2.24) is 0 Å². The van der Waals surface area contributed by atoms with Crippen LogP contribution in [0.25, 0.3) is 0 Å². The molecule has 3 atom stereocenters. The van der Waals surface area contributed by atoms with E-state index in [0.717, 1.165) is 44.9 Å². The lowest BCUT2D eigenvalue weighted by Crippen LogP contribution is -2.52. The largest absolute Gasteiger partial charge is 0.389 e. The van der Waals surface area contributed by atoms with Crippen LogP contribution in [0.3, 0.4) is 0 Å². The SMILES string of the molecule is CC1=CC2=CCC[C@@]3(C#N)CCC[C@](O)(CC1)[C@@H]23. The molecule has 18 heavy (non-hydrogen) atoms. The minimum Gasteiger partial charge on any atom is -0.389 e. The van der Waals surface area contributed by atoms with Gasteiger partial charge < -0.3 is 5.11 Å². The third-order valence-corrected chi connectivity index (χ3v) is 5.21. The van der Waals surface area contributed by atoms with Gasteiger partial charge in [0.15, 0.2) is 0 Å². The molecule has 0 spiro atoms. The van der Waals surface area contributed by atoms with Gasteiger partial charge in [0.25, 0.3) is 0 Å². The highest BCUT2D eigenvalue weighted by Crippen LogP contribution is 2.57. The quantitative estimate of drug-likeness (QED) is 0.707. The Labute approximate surface area is 109 Å². The summed E-state index contributed by atoms with van der Waals surface area (Å²) in [5.41, 5.74) is 1.63. The number of rotatable bonds is 0. The summed E-state index contributed by atoms with van der Waals surface area (Å²) in [6.45, 7) is 2.14. The number of hydrogen-bond donors (Lipinski definition) is 1. The molecule has 0 aromatic rings. The van der Waals surface area contributed by atoms with Gasteiger partial charge in [-0.15, -0.1) is 0 Å². The van der Waals surface area contributed by atoms with Crippen molar-refractivity contribution in [1.29, 1.82) is 5.26 Å². The van der Waals surface area contributed by atoms with Gasteiger partial charge in [-0.1, -0.05) is 17.7 Å². The summed E-state index contributed by atoms with van der Waals surface area (Å²) in [5, 5.41) is 20.8. The van der Waals surface area contributed by atoms with E-state index < -0.39 is 5.60 Å². The van der Waals surface area contributed by atoms with Crippen LogP contribution in [0, 0.1) is 22.7 Å². The van der Waals surface area contributed by atoms with E-state index in [9.17, 15) is 10.4 Å². The average molecular weight is 243 g/mol. The van der Waals surface area contributed by atoms with Crippen LogP contribution in [0.2, 0.25) is 0 Å². The molecule has 3 aliphatic carbocycles. The minimum atomic E-state index is -0.644. The van der Waals surface area contributed by atoms with Crippen LogP contribution in [-0.2, 0) is 0 Å². The molecule has 0 unspecified atom stereocenters. The molecule has 0 aliphatic heterocycles. The van der Waals surface area contributed by atoms with Gasteiger partial charge in [0, 0.05) is 5.92 Å². The number of nitriles is 1. The molecule has 3 aliphatic rings. The molecule has 2 nitrogen and oxygen atoms in total. The number of aliphatic hydroxyl groups is 1. The van der Waals surface area contributed by atoms with Crippen LogP contribution >= 0.6 is 0 Å². The molecule has 1 N–H and O–H groups in total. The Balaban J connectivity index is 2.14. The maximum absolute atomic E-state index is 11.1. The number of nitrogens with zero attached hydrogens (tertiary/aromatic N) is 1. The van der Waals surface area contributed by atoms with Gasteiger partial charge in [0.05, 0.1) is 17.1 Å². The summed E-state index contributed by atoms with van der Waals surface area (Å²) >= 11 is 0. The van der Waals surface area contributed by atoms with Crippen molar-refractivity contribution in [3.05, 3.63) is 23.3 Å². The number of allylic oxidation sites excluding steroid dienone is 3. The molecule has 0 radical (unpaired) electrons. The first-order valence-corrected chi connectivity index (χ1v) is 7.11. The van der Waals surface area contributed by atoms with Crippen molar-refractivity contribution < 1.29 is 5.11 Å². The smallest absolute Gasteiger partial charge is 0.0734 e. The molecular formula is C16H21NO. The van der Waals surface area contributed by atoms with Crippen molar-refractivity contribution in [2.75, 3.05) is 0 Å². The van der Waals surface area contributed by atoms with Gasteiger partial charge in [-0.25, -0.2) is 0 Å². The zero-order chi connectivity index (χ0) is 12.8. The second-order valence-corrected chi connectivity index (χ2v) is 6.39. The van der Waals surface area contributed by atoms with Gasteiger partial charge in [-0.3, -0.25) is 0 Å². The highest BCUT2D eigenvalue weighted by Gasteiger charge is 2.55. The van der Waals surface area contributed by atoms with Crippen LogP contribution in [-0.4, -0.2) is 10.7 Å². The van der Waals surface area contributed by atoms with E-state index in [4.69, 9.17) is 0 Å². The molecule has 0 amide bonds. The van der Waals surface area contributed by atoms with E-state index in [-0.39, 0.29) is 11.3 Å². The molecule has 2 heteroatoms. The molecular weight excluding hydrogens is 222 g/mol. The molecule has 0 aromatic carbocycles. The predicted octanol–water partition coefficient (Wildman–Crippen LogP) is 3.49. The Hall–Kier alpha value is -1.07. The molecule has 0 aromatic heterocycles. The zero-order valence-electron chi connectivity index (χ0n) is 11.1. The first-order valence-electron chi connectivity index (χ1n) is 7.11. The van der Waals surface area contributed by atoms with E-state index in [0.29, 0.717) is 0 Å². The molecule has 3 rings (SSSR count). The Morgan fingerprint density at radius 1 is 1.33 bits per heavy atom. The Kier molecular flexibility index (Phi) is 2.64. The summed E-state index contributed by atoms with van der Waals surface area (Å²) < 4.78 is 0. The first-order chi connectivity index (χ1) is 8.60. The van der Waals surface area contributed by atoms with Crippen molar-refractivity contribution in [2.45, 2.75) is 57.5 Å². The highest BCUT2D eigenvalue weighted by atomic mass is 16.3. The van der Waals surface area contributed by atoms with Gasteiger partial charge >= 0.3 is 0 Å². The molecule has 0 heterocycles. The topological polar surface area (TPSA) is 44.0 Å². The highest BCUT2D eigenvalue weighted by molar-refractivity contribution is 5.37. The second kappa shape index (κ2) is 3.96. The van der Waals surface area contributed by atoms with Gasteiger partial charge in [-0.2, -0.15) is 5.26 Å². The lowest BCUT2D eigenvalue weighted by Gasteiger charge is -2.51. The summed E-state index contributed by atoms with van der Waals surface area (Å²) in [5.74, 6) is 0.0509. The normalized spacial score (nSPS) is 43.1. The van der Waals surface area contributed by atoms with Gasteiger partial charge in [0.1, 0.15) is 0 Å². The van der Waals surface area contributed by atoms with Crippen LogP contribution in [0.4, 0.5) is 0 Å². The van der Waals surface area contributed by atoms with Crippen LogP contribution in [0.1, 0.15) is 51.9 Å². The number of hydrogen-bond acceptors (Lipinski definition) is 2. The lowest BCUT2D eigenvalue weighted by atomic mass is 9.54. The fourth-order valence-corrected chi connectivity index (χ4v) is 4.38. The molecule has 1 fully saturated rings. The van der Waals surface area contributed by atoms with E-state index in [1.165, 1.54) is 11.1 Å². The molecule has 0 bridgehead atoms. The maximum Gasteiger partial charge on any atom is 0.0734 e. The Morgan fingerprint density at radius 3 is 2.94 bits per heavy atom. The third kappa shape index (κ3) is 1.57. The fourth-order valence-electron chi connectivity index (χ4n) is 4.38. The third-order valence-electron chi connectivity index (χ3n) is 5.21. The molecule has 0 saturated heterocycles. The van der Waals surface area contributed by atoms with E-state index >= 15 is 0 Å². The van der Waals surface area contributed by atoms with Crippen molar-refractivity contribution in [3.63, 3.8) is 0 Å². The summed E-state index contributed by atoms with van der Waals surface area (Å²) in [4.78, 5) is 0. The predicted molar refractivity (Wildman–Crippen MR) is 70.6 cm³/mol. The molecule has 1 saturated carbocycles. The summed E-state index contributed by atoms with van der Waals surface area (Å²) in [6, 6.07) is 2.59. The van der Waals surface area contributed by atoms with E-state index in [1.807, 2.05) is 0 Å². The standard InChI is InChI=1S/C16H21NO/c1-12-5-9-16(18)8-3-7-15(11-17)6-2-4-13(10-12)14(15)16/h4,10,14,18H,2-3,5-9H2,1H3/t14-,15-,16-/m0/s1. The fraction of sp³-hybridized carbons (Fsp3) is 0.688. The Morgan fingerprint density at radius 2 is 2.17 bits per heavy atom. The van der Waals surface area contributed by atoms with Gasteiger partial charge in [0.2, 0.25) is 0 Å². The Bertz CT molecular complexity index is 470. The van der Waals surface area contributed by atoms with Crippen LogP contribution in [0.5, 0.6) is 0 Å². The van der Waals surface area contributed by atoms with E-state index in [2.05, 4.69) is 25.1 Å². The second-order valence-electron chi connectivity index (χ2n) is 6.39. The zero-order valence-corrected chi connectivity index (χ0v) is 11.1. The lowest BCUT2D eigenvalue weighted by molar-refractivity contribution is -0.0862. The average Bonchev–Trinajstić information content (AvgIpc) is 2.49. The minimum absolute atomic E-state index is 0.0509. The summed E-state index contributed by atoms with van der Waals surface area (Å²) in [6.07, 6.45) is 11.0. The van der Waals surface area contributed by atoms with Gasteiger partial charge in [-0.05, 0) is 57.4 Å². The van der Waals surface area contributed by atoms with E-state index in [1.54, 1.807) is 0 Å². The van der Waals surface area contributed by atoms with Crippen molar-refractivity contribution >= 4 is 0 Å². The van der Waals surface area contributed by atoms with Crippen LogP contribution in [0.15, 0.2) is 23.3 Å². The van der Waals surface area contributed by atoms with Crippen molar-refractivity contribution in [3.8, 4) is 6.07 Å². The first kappa shape index (κ1) is 12.0. The monoisotopic (exact) mass is 243 g/mol. The van der Waals surface area contributed by atoms with Crippen LogP contribution < -0.4 is 0 Å². The molecule has 96 valence electrons.